The van der Waals surface area contributed by atoms with Gasteiger partial charge in [0.05, 0.1) is 11.2 Å². The Kier molecular flexibility index (Phi) is 2.82. The lowest BCUT2D eigenvalue weighted by atomic mass is 9.90. The van der Waals surface area contributed by atoms with Gasteiger partial charge in [-0.25, -0.2) is 0 Å². The van der Waals surface area contributed by atoms with Crippen LogP contribution in [0.5, 0.6) is 0 Å². The number of nitrogens with one attached hydrogen (secondary N) is 1. The second-order valence-corrected chi connectivity index (χ2v) is 5.60. The van der Waals surface area contributed by atoms with Crippen LogP contribution in [0, 0.1) is 5.92 Å². The molecule has 3 atom stereocenters. The highest BCUT2D eigenvalue weighted by Gasteiger charge is 2.47. The second kappa shape index (κ2) is 3.72. The molecule has 2 aliphatic rings. The summed E-state index contributed by atoms with van der Waals surface area (Å²) in [6, 6.07) is 0.384. The zero-order chi connectivity index (χ0) is 11.1. The van der Waals surface area contributed by atoms with Crippen LogP contribution >= 0.6 is 0 Å². The van der Waals surface area contributed by atoms with Crippen LogP contribution in [0.2, 0.25) is 0 Å². The van der Waals surface area contributed by atoms with Crippen molar-refractivity contribution in [3.05, 3.63) is 0 Å². The van der Waals surface area contributed by atoms with Gasteiger partial charge in [-0.2, -0.15) is 0 Å². The van der Waals surface area contributed by atoms with Gasteiger partial charge in [-0.1, -0.05) is 13.8 Å². The number of rotatable bonds is 4. The first-order valence-corrected chi connectivity index (χ1v) is 6.16. The van der Waals surface area contributed by atoms with Gasteiger partial charge in [0.25, 0.3) is 0 Å². The van der Waals surface area contributed by atoms with Gasteiger partial charge in [0.1, 0.15) is 0 Å². The van der Waals surface area contributed by atoms with Crippen molar-refractivity contribution in [3.8, 4) is 0 Å². The van der Waals surface area contributed by atoms with E-state index in [1.54, 1.807) is 0 Å². The minimum atomic E-state index is -0.503. The molecule has 3 nitrogen and oxygen atoms in total. The lowest BCUT2D eigenvalue weighted by Crippen LogP contribution is -2.30. The molecule has 1 aliphatic heterocycles. The molecule has 1 saturated carbocycles. The summed E-state index contributed by atoms with van der Waals surface area (Å²) in [4.78, 5) is 0. The Balaban J connectivity index is 1.82. The summed E-state index contributed by atoms with van der Waals surface area (Å²) in [6.45, 7) is 4.86. The topological polar surface area (TPSA) is 52.5 Å². The molecule has 0 bridgehead atoms. The van der Waals surface area contributed by atoms with E-state index in [4.69, 9.17) is 0 Å². The van der Waals surface area contributed by atoms with E-state index in [0.717, 1.165) is 32.1 Å². The van der Waals surface area contributed by atoms with Crippen molar-refractivity contribution < 1.29 is 10.2 Å². The molecule has 1 saturated heterocycles. The largest absolute Gasteiger partial charge is 0.390 e. The predicted octanol–water partition coefficient (Wildman–Crippen LogP) is 1.04. The first-order chi connectivity index (χ1) is 6.97. The minimum Gasteiger partial charge on any atom is -0.390 e. The summed E-state index contributed by atoms with van der Waals surface area (Å²) in [6.07, 6.45) is 4.55. The summed E-state index contributed by atoms with van der Waals surface area (Å²) in [5.41, 5.74) is -0.884. The molecule has 1 heterocycles. The molecule has 1 aliphatic carbocycles. The van der Waals surface area contributed by atoms with Gasteiger partial charge in [-0.15, -0.1) is 0 Å². The fourth-order valence-electron chi connectivity index (χ4n) is 2.64. The normalized spacial score (nSPS) is 40.4. The molecule has 2 rings (SSSR count). The van der Waals surface area contributed by atoms with Crippen molar-refractivity contribution in [2.24, 2.45) is 5.92 Å². The standard InChI is InChI=1S/C12H23NO2/c1-3-11(14)7-10(13-8-11)6-9(2)12(15)4-5-12/h9-10,13-15H,3-8H2,1-2H3. The summed E-state index contributed by atoms with van der Waals surface area (Å²) in [5.74, 6) is 0.356. The molecule has 15 heavy (non-hydrogen) atoms. The predicted molar refractivity (Wildman–Crippen MR) is 59.6 cm³/mol. The minimum absolute atomic E-state index is 0.356. The molecule has 0 amide bonds. The molecule has 0 radical (unpaired) electrons. The van der Waals surface area contributed by atoms with Gasteiger partial charge in [0.15, 0.2) is 0 Å². The van der Waals surface area contributed by atoms with Crippen molar-refractivity contribution in [1.29, 1.82) is 0 Å². The zero-order valence-electron chi connectivity index (χ0n) is 9.79. The van der Waals surface area contributed by atoms with Crippen molar-refractivity contribution in [3.63, 3.8) is 0 Å². The Morgan fingerprint density at radius 2 is 2.07 bits per heavy atom. The summed E-state index contributed by atoms with van der Waals surface area (Å²) >= 11 is 0. The van der Waals surface area contributed by atoms with E-state index >= 15 is 0 Å². The van der Waals surface area contributed by atoms with Crippen molar-refractivity contribution in [2.45, 2.75) is 63.2 Å². The van der Waals surface area contributed by atoms with Gasteiger partial charge >= 0.3 is 0 Å². The van der Waals surface area contributed by atoms with Crippen LogP contribution in [0.3, 0.4) is 0 Å². The molecular formula is C12H23NO2. The summed E-state index contributed by atoms with van der Waals surface area (Å²) in [7, 11) is 0. The van der Waals surface area contributed by atoms with E-state index < -0.39 is 5.60 Å². The second-order valence-electron chi connectivity index (χ2n) is 5.60. The van der Waals surface area contributed by atoms with E-state index in [1.165, 1.54) is 0 Å². The molecule has 0 aromatic carbocycles. The maximum atomic E-state index is 10.1. The highest BCUT2D eigenvalue weighted by molar-refractivity contribution is 5.01. The van der Waals surface area contributed by atoms with Gasteiger partial charge in [0.2, 0.25) is 0 Å². The number of hydrogen-bond donors (Lipinski definition) is 3. The third-order valence-electron chi connectivity index (χ3n) is 4.32. The van der Waals surface area contributed by atoms with E-state index in [1.807, 2.05) is 6.92 Å². The Morgan fingerprint density at radius 1 is 1.40 bits per heavy atom. The van der Waals surface area contributed by atoms with Gasteiger partial charge in [-0.3, -0.25) is 0 Å². The van der Waals surface area contributed by atoms with Gasteiger partial charge in [0, 0.05) is 12.6 Å². The molecule has 3 heteroatoms. The molecule has 0 aromatic heterocycles. The zero-order valence-corrected chi connectivity index (χ0v) is 9.79. The Morgan fingerprint density at radius 3 is 2.53 bits per heavy atom. The van der Waals surface area contributed by atoms with Crippen LogP contribution in [0.1, 0.15) is 46.0 Å². The van der Waals surface area contributed by atoms with Crippen LogP contribution in [0.25, 0.3) is 0 Å². The molecule has 2 fully saturated rings. The lowest BCUT2D eigenvalue weighted by molar-refractivity contribution is 0.0498. The number of aliphatic hydroxyl groups is 2. The lowest BCUT2D eigenvalue weighted by Gasteiger charge is -2.23. The van der Waals surface area contributed by atoms with Crippen LogP contribution in [-0.2, 0) is 0 Å². The SMILES string of the molecule is CCC1(O)CNC(CC(C)C2(O)CC2)C1. The molecule has 88 valence electrons. The summed E-state index contributed by atoms with van der Waals surface area (Å²) < 4.78 is 0. The maximum Gasteiger partial charge on any atom is 0.0783 e. The van der Waals surface area contributed by atoms with E-state index in [9.17, 15) is 10.2 Å². The third kappa shape index (κ3) is 2.35. The summed E-state index contributed by atoms with van der Waals surface area (Å²) in [5, 5.41) is 23.4. The van der Waals surface area contributed by atoms with Gasteiger partial charge in [-0.05, 0) is 38.0 Å². The number of β-amino-alcohol motifs (C(OH)–C–C–N with tert-alkyl or cyclic N) is 1. The highest BCUT2D eigenvalue weighted by atomic mass is 16.3. The maximum absolute atomic E-state index is 10.1. The molecule has 3 N–H and O–H groups in total. The average Bonchev–Trinajstić information content (AvgIpc) is 2.84. The van der Waals surface area contributed by atoms with Crippen molar-refractivity contribution >= 4 is 0 Å². The first-order valence-electron chi connectivity index (χ1n) is 6.16. The van der Waals surface area contributed by atoms with E-state index in [2.05, 4.69) is 12.2 Å². The van der Waals surface area contributed by atoms with E-state index in [-0.39, 0.29) is 5.60 Å². The van der Waals surface area contributed by atoms with Crippen LogP contribution < -0.4 is 5.32 Å². The fraction of sp³-hybridized carbons (Fsp3) is 1.00. The molecule has 0 spiro atoms. The van der Waals surface area contributed by atoms with Crippen molar-refractivity contribution in [1.82, 2.24) is 5.32 Å². The monoisotopic (exact) mass is 213 g/mol. The molecule has 0 aromatic rings. The van der Waals surface area contributed by atoms with Crippen LogP contribution in [0.15, 0.2) is 0 Å². The quantitative estimate of drug-likeness (QED) is 0.654. The first kappa shape index (κ1) is 11.4. The Hall–Kier alpha value is -0.120. The Bertz CT molecular complexity index is 240. The van der Waals surface area contributed by atoms with E-state index in [0.29, 0.717) is 18.5 Å². The fourth-order valence-corrected chi connectivity index (χ4v) is 2.64. The number of hydrogen-bond acceptors (Lipinski definition) is 3. The smallest absolute Gasteiger partial charge is 0.0783 e. The van der Waals surface area contributed by atoms with Crippen molar-refractivity contribution in [2.75, 3.05) is 6.54 Å². The Labute approximate surface area is 91.9 Å². The molecular weight excluding hydrogens is 190 g/mol. The molecule has 3 unspecified atom stereocenters. The highest BCUT2D eigenvalue weighted by Crippen LogP contribution is 2.44. The van der Waals surface area contributed by atoms with Gasteiger partial charge < -0.3 is 15.5 Å². The average molecular weight is 213 g/mol. The third-order valence-corrected chi connectivity index (χ3v) is 4.32. The van der Waals surface area contributed by atoms with Crippen LogP contribution in [-0.4, -0.2) is 34.0 Å². The van der Waals surface area contributed by atoms with Crippen LogP contribution in [0.4, 0.5) is 0 Å².